The number of carbonyl (C=O) groups excluding carboxylic acids is 1. The highest BCUT2D eigenvalue weighted by Gasteiger charge is 2.34. The van der Waals surface area contributed by atoms with E-state index in [9.17, 15) is 27.9 Å². The third-order valence-electron chi connectivity index (χ3n) is 7.37. The first kappa shape index (κ1) is 25.8. The van der Waals surface area contributed by atoms with Gasteiger partial charge in [-0.15, -0.1) is 0 Å². The summed E-state index contributed by atoms with van der Waals surface area (Å²) in [6.45, 7) is 2.56. The van der Waals surface area contributed by atoms with Crippen LogP contribution in [0.1, 0.15) is 58.4 Å². The number of pyridine rings is 1. The Morgan fingerprint density at radius 3 is 2.61 bits per heavy atom. The second-order valence-corrected chi connectivity index (χ2v) is 10.2. The fourth-order valence-corrected chi connectivity index (χ4v) is 5.41. The number of halogens is 3. The molecule has 1 unspecified atom stereocenters. The molecule has 1 saturated carbocycles. The average Bonchev–Trinajstić information content (AvgIpc) is 2.87. The van der Waals surface area contributed by atoms with E-state index >= 15 is 0 Å². The van der Waals surface area contributed by atoms with E-state index in [0.717, 1.165) is 42.0 Å². The molecule has 0 spiro atoms. The molecule has 1 fully saturated rings. The van der Waals surface area contributed by atoms with Gasteiger partial charge in [0.25, 0.3) is 5.91 Å². The van der Waals surface area contributed by atoms with E-state index in [0.29, 0.717) is 36.0 Å². The smallest absolute Gasteiger partial charge is 0.433 e. The van der Waals surface area contributed by atoms with Crippen molar-refractivity contribution in [2.24, 2.45) is 0 Å². The van der Waals surface area contributed by atoms with Crippen molar-refractivity contribution in [3.05, 3.63) is 70.4 Å². The molecule has 2 aromatic carbocycles. The first-order valence-electron chi connectivity index (χ1n) is 12.7. The van der Waals surface area contributed by atoms with E-state index in [-0.39, 0.29) is 30.1 Å². The number of nitrogens with zero attached hydrogens (tertiary/aromatic N) is 2. The van der Waals surface area contributed by atoms with Crippen molar-refractivity contribution in [2.75, 3.05) is 11.9 Å². The summed E-state index contributed by atoms with van der Waals surface area (Å²) in [5, 5.41) is 16.3. The van der Waals surface area contributed by atoms with Crippen molar-refractivity contribution in [3.63, 3.8) is 0 Å². The van der Waals surface area contributed by atoms with Crippen LogP contribution in [-0.4, -0.2) is 45.6 Å². The summed E-state index contributed by atoms with van der Waals surface area (Å²) in [5.74, 6) is -0.241. The quantitative estimate of drug-likeness (QED) is 0.402. The molecule has 2 atom stereocenters. The summed E-state index contributed by atoms with van der Waals surface area (Å²) in [7, 11) is 0. The van der Waals surface area contributed by atoms with Crippen LogP contribution in [0.3, 0.4) is 0 Å². The zero-order chi connectivity index (χ0) is 27.0. The van der Waals surface area contributed by atoms with Crippen molar-refractivity contribution >= 4 is 28.6 Å². The number of alkyl halides is 3. The number of carbonyl (C=O) groups is 2. The van der Waals surface area contributed by atoms with Gasteiger partial charge >= 0.3 is 12.3 Å². The number of carboxylic acid groups (broad SMARTS) is 1. The van der Waals surface area contributed by atoms with Crippen molar-refractivity contribution in [1.29, 1.82) is 0 Å². The number of hydrogen-bond acceptors (Lipinski definition) is 4. The molecule has 1 aliphatic carbocycles. The highest BCUT2D eigenvalue weighted by atomic mass is 19.4. The minimum atomic E-state index is -4.56. The third kappa shape index (κ3) is 5.54. The first-order chi connectivity index (χ1) is 18.1. The average molecular weight is 527 g/mol. The Bertz CT molecular complexity index is 1390. The second-order valence-electron chi connectivity index (χ2n) is 10.2. The number of benzene rings is 2. The molecule has 5 rings (SSSR count). The fraction of sp³-hybridized carbons (Fsp3) is 0.393. The molecule has 7 nitrogen and oxygen atoms in total. The lowest BCUT2D eigenvalue weighted by Gasteiger charge is -2.31. The zero-order valence-electron chi connectivity index (χ0n) is 20.9. The van der Waals surface area contributed by atoms with E-state index in [4.69, 9.17) is 0 Å². The standard InChI is InChI=1S/C28H29F3N4O3/c1-16-5-8-23-22(11-16)24(14-25(34-23)28(29,30)31)32-20-3-2-4-21(13-20)33-26(36)18-7-6-17-9-10-35(27(37)38)15-19(17)12-18/h5-8,11-12,14,20-21H,2-4,9-10,13,15H2,1H3,(H,32,34)(H,33,36)(H,37,38)/t20-,21?/m0/s1. The molecule has 1 aliphatic heterocycles. The van der Waals surface area contributed by atoms with Crippen LogP contribution in [-0.2, 0) is 19.1 Å². The number of aromatic nitrogens is 1. The van der Waals surface area contributed by atoms with Crippen LogP contribution in [0.2, 0.25) is 0 Å². The monoisotopic (exact) mass is 526 g/mol. The number of anilines is 1. The van der Waals surface area contributed by atoms with Crippen molar-refractivity contribution in [2.45, 2.75) is 63.8 Å². The predicted octanol–water partition coefficient (Wildman–Crippen LogP) is 5.75. The highest BCUT2D eigenvalue weighted by Crippen LogP contribution is 2.35. The fourth-order valence-electron chi connectivity index (χ4n) is 5.41. The number of hydrogen-bond donors (Lipinski definition) is 3. The lowest BCUT2D eigenvalue weighted by Crippen LogP contribution is -2.42. The normalized spacial score (nSPS) is 19.6. The maximum absolute atomic E-state index is 13.5. The van der Waals surface area contributed by atoms with Crippen molar-refractivity contribution in [3.8, 4) is 0 Å². The van der Waals surface area contributed by atoms with E-state index in [1.807, 2.05) is 19.1 Å². The largest absolute Gasteiger partial charge is 0.465 e. The molecule has 38 heavy (non-hydrogen) atoms. The van der Waals surface area contributed by atoms with Crippen LogP contribution < -0.4 is 10.6 Å². The summed E-state index contributed by atoms with van der Waals surface area (Å²) in [6.07, 6.45) is -2.01. The van der Waals surface area contributed by atoms with Gasteiger partial charge in [0.2, 0.25) is 0 Å². The molecule has 0 radical (unpaired) electrons. The predicted molar refractivity (Wildman–Crippen MR) is 137 cm³/mol. The van der Waals surface area contributed by atoms with E-state index < -0.39 is 18.0 Å². The Morgan fingerprint density at radius 2 is 1.84 bits per heavy atom. The van der Waals surface area contributed by atoms with Gasteiger partial charge in [-0.1, -0.05) is 17.7 Å². The lowest BCUT2D eigenvalue weighted by molar-refractivity contribution is -0.140. The maximum Gasteiger partial charge on any atom is 0.433 e. The molecule has 0 bridgehead atoms. The van der Waals surface area contributed by atoms with Crippen molar-refractivity contribution in [1.82, 2.24) is 15.2 Å². The van der Waals surface area contributed by atoms with Gasteiger partial charge in [-0.25, -0.2) is 9.78 Å². The molecular weight excluding hydrogens is 497 g/mol. The molecule has 0 saturated heterocycles. The molecule has 2 heterocycles. The van der Waals surface area contributed by atoms with E-state index in [2.05, 4.69) is 15.6 Å². The van der Waals surface area contributed by atoms with Gasteiger partial charge in [-0.3, -0.25) is 4.79 Å². The molecule has 2 aliphatic rings. The van der Waals surface area contributed by atoms with Crippen LogP contribution in [0.25, 0.3) is 10.9 Å². The van der Waals surface area contributed by atoms with Crippen LogP contribution in [0.4, 0.5) is 23.7 Å². The Labute approximate surface area is 218 Å². The van der Waals surface area contributed by atoms with Crippen LogP contribution in [0.15, 0.2) is 42.5 Å². The Kier molecular flexibility index (Phi) is 6.90. The topological polar surface area (TPSA) is 94.6 Å². The Morgan fingerprint density at radius 1 is 1.05 bits per heavy atom. The van der Waals surface area contributed by atoms with E-state index in [1.54, 1.807) is 24.3 Å². The molecule has 2 amide bonds. The summed E-state index contributed by atoms with van der Waals surface area (Å²) >= 11 is 0. The molecule has 10 heteroatoms. The zero-order valence-corrected chi connectivity index (χ0v) is 20.9. The minimum absolute atomic E-state index is 0.117. The highest BCUT2D eigenvalue weighted by molar-refractivity contribution is 5.95. The number of nitrogens with one attached hydrogen (secondary N) is 2. The summed E-state index contributed by atoms with van der Waals surface area (Å²) in [5.41, 5.74) is 2.99. The molecule has 3 N–H and O–H groups in total. The third-order valence-corrected chi connectivity index (χ3v) is 7.37. The van der Waals surface area contributed by atoms with Gasteiger partial charge in [0.1, 0.15) is 5.69 Å². The summed E-state index contributed by atoms with van der Waals surface area (Å²) in [6, 6.07) is 11.4. The number of amides is 2. The molecular formula is C28H29F3N4O3. The number of fused-ring (bicyclic) bond motifs is 2. The minimum Gasteiger partial charge on any atom is -0.465 e. The van der Waals surface area contributed by atoms with E-state index in [1.165, 1.54) is 4.90 Å². The lowest BCUT2D eigenvalue weighted by atomic mass is 9.90. The van der Waals surface area contributed by atoms with Crippen molar-refractivity contribution < 1.29 is 27.9 Å². The Hall–Kier alpha value is -3.82. The van der Waals surface area contributed by atoms with Crippen LogP contribution in [0, 0.1) is 6.92 Å². The van der Waals surface area contributed by atoms with Gasteiger partial charge in [-0.2, -0.15) is 13.2 Å². The van der Waals surface area contributed by atoms with Gasteiger partial charge in [0, 0.05) is 41.8 Å². The number of aryl methyl sites for hydroxylation is 1. The maximum atomic E-state index is 13.5. The van der Waals surface area contributed by atoms with Gasteiger partial charge in [0.05, 0.1) is 5.52 Å². The number of rotatable bonds is 4. The van der Waals surface area contributed by atoms with Gasteiger partial charge in [-0.05, 0) is 80.5 Å². The van der Waals surface area contributed by atoms with Gasteiger partial charge in [0.15, 0.2) is 0 Å². The molecule has 200 valence electrons. The molecule has 3 aromatic rings. The van der Waals surface area contributed by atoms with Gasteiger partial charge < -0.3 is 20.6 Å². The summed E-state index contributed by atoms with van der Waals surface area (Å²) < 4.78 is 40.6. The van der Waals surface area contributed by atoms with Crippen LogP contribution >= 0.6 is 0 Å². The summed E-state index contributed by atoms with van der Waals surface area (Å²) in [4.78, 5) is 29.5. The molecule has 1 aromatic heterocycles. The second kappa shape index (κ2) is 10.2. The first-order valence-corrected chi connectivity index (χ1v) is 12.7. The Balaban J connectivity index is 1.30. The SMILES string of the molecule is Cc1ccc2nc(C(F)(F)F)cc(N[C@H]3CCCC(NC(=O)c4ccc5c(c4)CN(C(=O)O)CC5)C3)c2c1. The van der Waals surface area contributed by atoms with Crippen LogP contribution in [0.5, 0.6) is 0 Å².